The Balaban J connectivity index is 4.11. The van der Waals surface area contributed by atoms with Crippen molar-refractivity contribution >= 4 is 13.4 Å². The molecule has 0 rings (SSSR count). The van der Waals surface area contributed by atoms with Gasteiger partial charge in [-0.25, -0.2) is 0 Å². The smallest absolute Gasteiger partial charge is 0.323 e. The molecule has 0 saturated carbocycles. The van der Waals surface area contributed by atoms with E-state index in [-0.39, 0.29) is 6.42 Å². The Morgan fingerprint density at radius 3 is 2.17 bits per heavy atom. The fourth-order valence-corrected chi connectivity index (χ4v) is 0.929. The molecule has 1 unspecified atom stereocenters. The Kier molecular flexibility index (Phi) is 4.02. The van der Waals surface area contributed by atoms with Gasteiger partial charge in [-0.2, -0.15) is 0 Å². The predicted molar refractivity (Wildman–Crippen MR) is 43.3 cm³/mol. The molecular formula is C5H13N2O4P. The van der Waals surface area contributed by atoms with E-state index in [9.17, 15) is 9.36 Å². The number of hydrogen-bond donors (Lipinski definition) is 4. The molecule has 0 aliphatic rings. The minimum atomic E-state index is -4.35. The first-order chi connectivity index (χ1) is 5.25. The highest BCUT2D eigenvalue weighted by Crippen LogP contribution is 2.39. The van der Waals surface area contributed by atoms with Gasteiger partial charge in [-0.1, -0.05) is 0 Å². The van der Waals surface area contributed by atoms with Gasteiger partial charge >= 0.3 is 7.60 Å². The topological polar surface area (TPSA) is 127 Å². The van der Waals surface area contributed by atoms with Gasteiger partial charge in [0, 0.05) is 6.42 Å². The van der Waals surface area contributed by atoms with Crippen molar-refractivity contribution in [1.82, 2.24) is 0 Å². The minimum absolute atomic E-state index is 0.387. The van der Waals surface area contributed by atoms with Gasteiger partial charge in [0.25, 0.3) is 0 Å². The van der Waals surface area contributed by atoms with Crippen LogP contribution in [0, 0.1) is 0 Å². The second kappa shape index (κ2) is 4.11. The van der Waals surface area contributed by atoms with Gasteiger partial charge in [0.1, 0.15) is 5.78 Å². The third-order valence-corrected chi connectivity index (χ3v) is 2.40. The van der Waals surface area contributed by atoms with Crippen molar-refractivity contribution in [2.45, 2.75) is 25.2 Å². The lowest BCUT2D eigenvalue weighted by Gasteiger charge is -2.13. The highest BCUT2D eigenvalue weighted by atomic mass is 31.2. The van der Waals surface area contributed by atoms with Crippen molar-refractivity contribution in [3.8, 4) is 0 Å². The normalized spacial score (nSPS) is 17.1. The van der Waals surface area contributed by atoms with Crippen molar-refractivity contribution in [3.63, 3.8) is 0 Å². The lowest BCUT2D eigenvalue weighted by Crippen LogP contribution is -2.33. The van der Waals surface area contributed by atoms with Gasteiger partial charge in [0.2, 0.25) is 0 Å². The molecule has 0 saturated heterocycles. The molecular weight excluding hydrogens is 183 g/mol. The summed E-state index contributed by atoms with van der Waals surface area (Å²) in [7, 11) is -4.35. The average Bonchev–Trinajstić information content (AvgIpc) is 1.85. The minimum Gasteiger partial charge on any atom is -0.323 e. The zero-order valence-corrected chi connectivity index (χ0v) is 7.57. The van der Waals surface area contributed by atoms with Crippen molar-refractivity contribution in [1.29, 1.82) is 0 Å². The Morgan fingerprint density at radius 2 is 1.92 bits per heavy atom. The molecule has 0 heterocycles. The van der Waals surface area contributed by atoms with Gasteiger partial charge in [0.15, 0.2) is 5.78 Å². The molecule has 12 heavy (non-hydrogen) atoms. The Hall–Kier alpha value is -0.260. The molecule has 0 aliphatic carbocycles. The maximum absolute atomic E-state index is 10.9. The highest BCUT2D eigenvalue weighted by molar-refractivity contribution is 7.52. The Bertz CT molecular complexity index is 211. The van der Waals surface area contributed by atoms with Crippen molar-refractivity contribution in [2.24, 2.45) is 11.5 Å². The Morgan fingerprint density at radius 1 is 1.50 bits per heavy atom. The monoisotopic (exact) mass is 196 g/mol. The van der Waals surface area contributed by atoms with Crippen LogP contribution in [0.3, 0.4) is 0 Å². The van der Waals surface area contributed by atoms with Crippen LogP contribution in [0.15, 0.2) is 0 Å². The van der Waals surface area contributed by atoms with Crippen LogP contribution in [-0.4, -0.2) is 27.4 Å². The van der Waals surface area contributed by atoms with Gasteiger partial charge in [-0.05, 0) is 6.92 Å². The number of rotatable bonds is 4. The molecule has 7 heteroatoms. The van der Waals surface area contributed by atoms with Crippen LogP contribution in [0.5, 0.6) is 0 Å². The largest absolute Gasteiger partial charge is 0.342 e. The second-order valence-corrected chi connectivity index (χ2v) is 4.46. The summed E-state index contributed by atoms with van der Waals surface area (Å²) in [5, 5.41) is 0. The summed E-state index contributed by atoms with van der Waals surface area (Å²) in [5.74, 6) is -1.89. The highest BCUT2D eigenvalue weighted by Gasteiger charge is 2.27. The molecule has 0 aromatic rings. The fraction of sp³-hybridized carbons (Fsp3) is 0.800. The number of nitrogens with two attached hydrogens (primary N) is 2. The molecule has 0 aromatic heterocycles. The van der Waals surface area contributed by atoms with Crippen LogP contribution >= 0.6 is 7.60 Å². The fourth-order valence-electron chi connectivity index (χ4n) is 0.511. The first-order valence-corrected chi connectivity index (χ1v) is 5.02. The van der Waals surface area contributed by atoms with Crippen LogP contribution < -0.4 is 11.5 Å². The van der Waals surface area contributed by atoms with E-state index < -0.39 is 25.2 Å². The van der Waals surface area contributed by atoms with Gasteiger partial charge in [-0.3, -0.25) is 9.36 Å². The summed E-state index contributed by atoms with van der Waals surface area (Å²) in [6.45, 7) is 1.44. The zero-order valence-electron chi connectivity index (χ0n) is 6.67. The maximum atomic E-state index is 10.9. The van der Waals surface area contributed by atoms with Crippen molar-refractivity contribution in [2.75, 3.05) is 0 Å². The second-order valence-electron chi connectivity index (χ2n) is 2.62. The summed E-state index contributed by atoms with van der Waals surface area (Å²) in [6, 6.07) is -0.734. The molecule has 72 valence electrons. The average molecular weight is 196 g/mol. The maximum Gasteiger partial charge on any atom is 0.342 e. The molecule has 0 aliphatic heterocycles. The number of carbonyl (C=O) groups excluding carboxylic acids is 1. The van der Waals surface area contributed by atoms with Crippen LogP contribution in [0.1, 0.15) is 13.3 Å². The van der Waals surface area contributed by atoms with E-state index in [1.807, 2.05) is 0 Å². The van der Waals surface area contributed by atoms with Crippen molar-refractivity contribution in [3.05, 3.63) is 0 Å². The third-order valence-electron chi connectivity index (χ3n) is 1.35. The van der Waals surface area contributed by atoms with E-state index in [4.69, 9.17) is 21.3 Å². The van der Waals surface area contributed by atoms with E-state index in [2.05, 4.69) is 0 Å². The molecule has 2 atom stereocenters. The summed E-state index contributed by atoms with van der Waals surface area (Å²) in [6.07, 6.45) is -0.387. The quantitative estimate of drug-likeness (QED) is 0.416. The van der Waals surface area contributed by atoms with E-state index in [0.29, 0.717) is 0 Å². The first kappa shape index (κ1) is 11.7. The van der Waals surface area contributed by atoms with E-state index in [1.165, 1.54) is 6.92 Å². The number of carbonyl (C=O) groups is 1. The van der Waals surface area contributed by atoms with Crippen LogP contribution in [-0.2, 0) is 9.36 Å². The standard InChI is InChI=1S/C5H13N2O4P/c1-3(6)4(8)2-5(7)12(9,10)11/h3,5H,2,6-7H2,1H3,(H2,9,10,11)/t3-,5?/m1/s1. The summed E-state index contributed by atoms with van der Waals surface area (Å²) in [4.78, 5) is 27.9. The number of hydrogen-bond acceptors (Lipinski definition) is 4. The zero-order chi connectivity index (χ0) is 9.94. The molecule has 0 spiro atoms. The molecule has 0 amide bonds. The summed E-state index contributed by atoms with van der Waals surface area (Å²) < 4.78 is 10.5. The van der Waals surface area contributed by atoms with Crippen molar-refractivity contribution < 1.29 is 19.1 Å². The van der Waals surface area contributed by atoms with E-state index >= 15 is 0 Å². The van der Waals surface area contributed by atoms with Gasteiger partial charge < -0.3 is 21.3 Å². The summed E-state index contributed by atoms with van der Waals surface area (Å²) in [5.41, 5.74) is 10.2. The molecule has 0 radical (unpaired) electrons. The SMILES string of the molecule is C[C@@H](N)C(=O)CC(N)P(=O)(O)O. The third kappa shape index (κ3) is 3.94. The van der Waals surface area contributed by atoms with E-state index in [1.54, 1.807) is 0 Å². The van der Waals surface area contributed by atoms with Crippen LogP contribution in [0.4, 0.5) is 0 Å². The molecule has 0 bridgehead atoms. The Labute approximate surface area is 70.1 Å². The van der Waals surface area contributed by atoms with Crippen LogP contribution in [0.2, 0.25) is 0 Å². The number of Topliss-reactive ketones (excluding diaryl/α,β-unsaturated/α-hetero) is 1. The predicted octanol–water partition coefficient (Wildman–Crippen LogP) is -1.24. The number of ketones is 1. The summed E-state index contributed by atoms with van der Waals surface area (Å²) >= 11 is 0. The molecule has 0 fully saturated rings. The molecule has 6 N–H and O–H groups in total. The molecule has 6 nitrogen and oxygen atoms in total. The lowest BCUT2D eigenvalue weighted by molar-refractivity contribution is -0.120. The van der Waals surface area contributed by atoms with Gasteiger partial charge in [0.05, 0.1) is 6.04 Å². The lowest BCUT2D eigenvalue weighted by atomic mass is 10.2. The van der Waals surface area contributed by atoms with Gasteiger partial charge in [-0.15, -0.1) is 0 Å². The van der Waals surface area contributed by atoms with Crippen LogP contribution in [0.25, 0.3) is 0 Å². The molecule has 0 aromatic carbocycles. The van der Waals surface area contributed by atoms with E-state index in [0.717, 1.165) is 0 Å². The first-order valence-electron chi connectivity index (χ1n) is 3.34.